The highest BCUT2D eigenvalue weighted by Crippen LogP contribution is 2.34. The molecule has 1 fully saturated rings. The van der Waals surface area contributed by atoms with Crippen LogP contribution in [0.2, 0.25) is 0 Å². The molecule has 4 nitrogen and oxygen atoms in total. The van der Waals surface area contributed by atoms with Gasteiger partial charge in [-0.15, -0.1) is 0 Å². The molecule has 1 aromatic rings. The molecule has 1 heterocycles. The lowest BCUT2D eigenvalue weighted by Crippen LogP contribution is -2.40. The first-order valence-corrected chi connectivity index (χ1v) is 5.96. The van der Waals surface area contributed by atoms with Crippen molar-refractivity contribution >= 4 is 5.97 Å². The van der Waals surface area contributed by atoms with E-state index in [1.54, 1.807) is 6.20 Å². The molecule has 1 aliphatic rings. The highest BCUT2D eigenvalue weighted by molar-refractivity contribution is 5.76. The Morgan fingerprint density at radius 1 is 1.59 bits per heavy atom. The minimum absolute atomic E-state index is 0.105. The number of methoxy groups -OCH3 is 1. The summed E-state index contributed by atoms with van der Waals surface area (Å²) >= 11 is 0. The molecule has 0 bridgehead atoms. The number of nitrogens with zero attached hydrogens (tertiary/aromatic N) is 1. The lowest BCUT2D eigenvalue weighted by molar-refractivity contribution is -0.144. The van der Waals surface area contributed by atoms with E-state index in [1.807, 2.05) is 25.3 Å². The van der Waals surface area contributed by atoms with E-state index in [4.69, 9.17) is 4.74 Å². The molecule has 0 radical (unpaired) electrons. The summed E-state index contributed by atoms with van der Waals surface area (Å²) in [5, 5.41) is 3.33. The second-order valence-corrected chi connectivity index (χ2v) is 4.51. The predicted molar refractivity (Wildman–Crippen MR) is 64.3 cm³/mol. The first-order valence-electron chi connectivity index (χ1n) is 5.96. The maximum absolute atomic E-state index is 11.7. The van der Waals surface area contributed by atoms with Gasteiger partial charge in [-0.25, -0.2) is 0 Å². The first-order chi connectivity index (χ1) is 8.22. The Morgan fingerprint density at radius 2 is 2.35 bits per heavy atom. The fraction of sp³-hybridized carbons (Fsp3) is 0.538. The van der Waals surface area contributed by atoms with E-state index in [1.165, 1.54) is 7.11 Å². The normalized spacial score (nSPS) is 18.5. The molecule has 1 N–H and O–H groups in total. The summed E-state index contributed by atoms with van der Waals surface area (Å²) in [6, 6.07) is 3.83. The molecular formula is C13H18N2O2. The summed E-state index contributed by atoms with van der Waals surface area (Å²) in [6.07, 6.45) is 5.77. The van der Waals surface area contributed by atoms with Crippen molar-refractivity contribution in [2.45, 2.75) is 31.8 Å². The molecule has 1 aliphatic carbocycles. The number of carbonyl (C=O) groups is 1. The number of aromatic nitrogens is 1. The van der Waals surface area contributed by atoms with Crippen molar-refractivity contribution in [1.29, 1.82) is 0 Å². The van der Waals surface area contributed by atoms with Crippen LogP contribution in [0.5, 0.6) is 0 Å². The molecule has 1 aromatic heterocycles. The quantitative estimate of drug-likeness (QED) is 0.788. The van der Waals surface area contributed by atoms with Gasteiger partial charge in [-0.1, -0.05) is 6.07 Å². The van der Waals surface area contributed by atoms with Crippen molar-refractivity contribution in [1.82, 2.24) is 10.3 Å². The van der Waals surface area contributed by atoms with Crippen molar-refractivity contribution in [2.75, 3.05) is 7.11 Å². The number of esters is 1. The largest absolute Gasteiger partial charge is 0.468 e. The van der Waals surface area contributed by atoms with Gasteiger partial charge in [0.05, 0.1) is 7.11 Å². The van der Waals surface area contributed by atoms with Gasteiger partial charge in [-0.3, -0.25) is 15.1 Å². The summed E-state index contributed by atoms with van der Waals surface area (Å²) in [6.45, 7) is 2.04. The topological polar surface area (TPSA) is 51.2 Å². The van der Waals surface area contributed by atoms with Crippen molar-refractivity contribution in [2.24, 2.45) is 5.92 Å². The molecule has 2 rings (SSSR count). The Morgan fingerprint density at radius 3 is 2.88 bits per heavy atom. The molecule has 4 heteroatoms. The number of hydrogen-bond donors (Lipinski definition) is 1. The van der Waals surface area contributed by atoms with Crippen LogP contribution in [0.15, 0.2) is 24.5 Å². The van der Waals surface area contributed by atoms with Crippen LogP contribution in [0, 0.1) is 5.92 Å². The van der Waals surface area contributed by atoms with E-state index >= 15 is 0 Å². The Bertz CT molecular complexity index is 376. The molecule has 17 heavy (non-hydrogen) atoms. The number of ether oxygens (including phenoxy) is 1. The van der Waals surface area contributed by atoms with Crippen molar-refractivity contribution in [3.05, 3.63) is 30.1 Å². The van der Waals surface area contributed by atoms with Gasteiger partial charge in [-0.05, 0) is 37.3 Å². The zero-order valence-electron chi connectivity index (χ0n) is 10.2. The average Bonchev–Trinajstić information content (AvgIpc) is 3.20. The summed E-state index contributed by atoms with van der Waals surface area (Å²) in [7, 11) is 1.44. The molecule has 0 aliphatic heterocycles. The van der Waals surface area contributed by atoms with Gasteiger partial charge >= 0.3 is 5.97 Å². The second kappa shape index (κ2) is 5.27. The van der Waals surface area contributed by atoms with E-state index in [-0.39, 0.29) is 18.1 Å². The molecule has 0 spiro atoms. The SMILES string of the molecule is COC(=O)C(N[C@@H](C)c1cccnc1)C1CC1. The van der Waals surface area contributed by atoms with Crippen molar-refractivity contribution in [3.8, 4) is 0 Å². The van der Waals surface area contributed by atoms with Gasteiger partial charge in [0.2, 0.25) is 0 Å². The van der Waals surface area contributed by atoms with E-state index < -0.39 is 0 Å². The standard InChI is InChI=1S/C13H18N2O2/c1-9(11-4-3-7-14-8-11)15-12(10-5-6-10)13(16)17-2/h3-4,7-10,12,15H,5-6H2,1-2H3/t9-,12?/m0/s1. The summed E-state index contributed by atoms with van der Waals surface area (Å²) in [5.41, 5.74) is 1.09. The fourth-order valence-corrected chi connectivity index (χ4v) is 1.95. The van der Waals surface area contributed by atoms with Gasteiger partial charge in [0.1, 0.15) is 6.04 Å². The van der Waals surface area contributed by atoms with E-state index in [2.05, 4.69) is 10.3 Å². The summed E-state index contributed by atoms with van der Waals surface area (Å²) in [5.74, 6) is 0.268. The van der Waals surface area contributed by atoms with E-state index in [9.17, 15) is 4.79 Å². The molecule has 1 saturated carbocycles. The van der Waals surface area contributed by atoms with Gasteiger partial charge in [0.15, 0.2) is 0 Å². The third-order valence-corrected chi connectivity index (χ3v) is 3.16. The average molecular weight is 234 g/mol. The maximum Gasteiger partial charge on any atom is 0.323 e. The number of pyridine rings is 1. The Kier molecular flexibility index (Phi) is 3.74. The van der Waals surface area contributed by atoms with Crippen molar-refractivity contribution in [3.63, 3.8) is 0 Å². The number of nitrogens with one attached hydrogen (secondary N) is 1. The lowest BCUT2D eigenvalue weighted by atomic mass is 10.1. The van der Waals surface area contributed by atoms with Crippen LogP contribution < -0.4 is 5.32 Å². The van der Waals surface area contributed by atoms with Crippen LogP contribution >= 0.6 is 0 Å². The zero-order valence-corrected chi connectivity index (χ0v) is 10.2. The Labute approximate surface area is 101 Å². The van der Waals surface area contributed by atoms with Crippen molar-refractivity contribution < 1.29 is 9.53 Å². The summed E-state index contributed by atoms with van der Waals surface area (Å²) in [4.78, 5) is 15.7. The highest BCUT2D eigenvalue weighted by atomic mass is 16.5. The number of rotatable bonds is 5. The maximum atomic E-state index is 11.7. The van der Waals surface area contributed by atoms with Gasteiger partial charge in [-0.2, -0.15) is 0 Å². The molecule has 0 saturated heterocycles. The Balaban J connectivity index is 2.00. The molecule has 0 aromatic carbocycles. The highest BCUT2D eigenvalue weighted by Gasteiger charge is 2.37. The number of carbonyl (C=O) groups excluding carboxylic acids is 1. The summed E-state index contributed by atoms with van der Waals surface area (Å²) < 4.78 is 4.83. The third kappa shape index (κ3) is 3.03. The Hall–Kier alpha value is -1.42. The smallest absolute Gasteiger partial charge is 0.323 e. The minimum Gasteiger partial charge on any atom is -0.468 e. The fourth-order valence-electron chi connectivity index (χ4n) is 1.95. The van der Waals surface area contributed by atoms with E-state index in [0.717, 1.165) is 18.4 Å². The number of hydrogen-bond acceptors (Lipinski definition) is 4. The van der Waals surface area contributed by atoms with Crippen LogP contribution in [-0.4, -0.2) is 24.1 Å². The second-order valence-electron chi connectivity index (χ2n) is 4.51. The van der Waals surface area contributed by atoms with Crippen LogP contribution in [-0.2, 0) is 9.53 Å². The van der Waals surface area contributed by atoms with Gasteiger partial charge < -0.3 is 4.74 Å². The van der Waals surface area contributed by atoms with Crippen LogP contribution in [0.1, 0.15) is 31.4 Å². The molecule has 1 unspecified atom stereocenters. The lowest BCUT2D eigenvalue weighted by Gasteiger charge is -2.21. The van der Waals surface area contributed by atoms with Crippen LogP contribution in [0.25, 0.3) is 0 Å². The van der Waals surface area contributed by atoms with Gasteiger partial charge in [0, 0.05) is 18.4 Å². The molecule has 0 amide bonds. The van der Waals surface area contributed by atoms with E-state index in [0.29, 0.717) is 5.92 Å². The van der Waals surface area contributed by atoms with Gasteiger partial charge in [0.25, 0.3) is 0 Å². The molecular weight excluding hydrogens is 216 g/mol. The monoisotopic (exact) mass is 234 g/mol. The van der Waals surface area contributed by atoms with Crippen LogP contribution in [0.3, 0.4) is 0 Å². The molecule has 2 atom stereocenters. The predicted octanol–water partition coefficient (Wildman–Crippen LogP) is 1.68. The first kappa shape index (κ1) is 12.0. The third-order valence-electron chi connectivity index (χ3n) is 3.16. The van der Waals surface area contributed by atoms with Crippen LogP contribution in [0.4, 0.5) is 0 Å². The zero-order chi connectivity index (χ0) is 12.3. The minimum atomic E-state index is -0.185. The molecule has 92 valence electrons.